The number of hydrogen-bond acceptors (Lipinski definition) is 5. The number of rotatable bonds is 9. The maximum Gasteiger partial charge on any atom is 0.243 e. The second-order valence-corrected chi connectivity index (χ2v) is 8.65. The molecule has 0 aromatic carbocycles. The van der Waals surface area contributed by atoms with Gasteiger partial charge in [0.05, 0.1) is 0 Å². The summed E-state index contributed by atoms with van der Waals surface area (Å²) in [6.07, 6.45) is 0.0450. The Morgan fingerprint density at radius 3 is 1.85 bits per heavy atom. The average molecular weight is 370 g/mol. The molecule has 0 aromatic heterocycles. The van der Waals surface area contributed by atoms with Gasteiger partial charge in [0.2, 0.25) is 11.8 Å². The predicted octanol–water partition coefficient (Wildman–Crippen LogP) is 1.29. The number of nitrogens with one attached hydrogen (secondary N) is 1. The van der Waals surface area contributed by atoms with E-state index in [1.54, 1.807) is 41.5 Å². The first-order valence-electron chi connectivity index (χ1n) is 9.01. The summed E-state index contributed by atoms with van der Waals surface area (Å²) in [5.41, 5.74) is 4.28. The first-order chi connectivity index (χ1) is 11.7. The van der Waals surface area contributed by atoms with Crippen LogP contribution in [-0.2, 0) is 19.2 Å². The Balaban J connectivity index is 5.15. The van der Waals surface area contributed by atoms with Crippen LogP contribution in [0, 0.1) is 10.8 Å². The number of nitrogens with two attached hydrogens (primary N) is 1. The quantitative estimate of drug-likeness (QED) is 0.636. The normalized spacial score (nSPS) is 13.1. The standard InChI is InChI=1S/C19H35N3O4/c1-18(2,3)14(23)8-9-16(25)22(7)13(17(26)21-11-10-20)12-15(24)19(4,5)6/h13H,8-12,20H2,1-7H3,(H,21,26). The summed E-state index contributed by atoms with van der Waals surface area (Å²) in [5, 5.41) is 2.64. The van der Waals surface area contributed by atoms with Crippen LogP contribution in [0.5, 0.6) is 0 Å². The molecule has 0 bridgehead atoms. The smallest absolute Gasteiger partial charge is 0.243 e. The van der Waals surface area contributed by atoms with Crippen molar-refractivity contribution in [3.05, 3.63) is 0 Å². The van der Waals surface area contributed by atoms with E-state index in [0.29, 0.717) is 0 Å². The topological polar surface area (TPSA) is 110 Å². The van der Waals surface area contributed by atoms with Gasteiger partial charge in [-0.3, -0.25) is 19.2 Å². The molecule has 2 amide bonds. The van der Waals surface area contributed by atoms with Gasteiger partial charge in [0.25, 0.3) is 0 Å². The van der Waals surface area contributed by atoms with Crippen molar-refractivity contribution in [2.75, 3.05) is 20.1 Å². The van der Waals surface area contributed by atoms with Crippen molar-refractivity contribution < 1.29 is 19.2 Å². The van der Waals surface area contributed by atoms with E-state index in [4.69, 9.17) is 5.73 Å². The highest BCUT2D eigenvalue weighted by Gasteiger charge is 2.33. The summed E-state index contributed by atoms with van der Waals surface area (Å²) in [6.45, 7) is 11.3. The maximum atomic E-state index is 12.5. The first-order valence-corrected chi connectivity index (χ1v) is 9.01. The molecule has 3 N–H and O–H groups in total. The zero-order valence-electron chi connectivity index (χ0n) is 17.3. The van der Waals surface area contributed by atoms with Gasteiger partial charge in [0.15, 0.2) is 0 Å². The summed E-state index contributed by atoms with van der Waals surface area (Å²) in [7, 11) is 1.49. The van der Waals surface area contributed by atoms with Crippen molar-refractivity contribution >= 4 is 23.4 Å². The molecule has 0 aromatic rings. The van der Waals surface area contributed by atoms with E-state index in [-0.39, 0.29) is 49.8 Å². The number of carbonyl (C=O) groups is 4. The number of hydrogen-bond donors (Lipinski definition) is 2. The third-order valence-corrected chi connectivity index (χ3v) is 4.22. The van der Waals surface area contributed by atoms with Gasteiger partial charge in [-0.05, 0) is 0 Å². The van der Waals surface area contributed by atoms with E-state index < -0.39 is 22.8 Å². The summed E-state index contributed by atoms with van der Waals surface area (Å²) < 4.78 is 0. The van der Waals surface area contributed by atoms with Crippen LogP contribution in [0.3, 0.4) is 0 Å². The second kappa shape index (κ2) is 9.80. The Morgan fingerprint density at radius 2 is 1.42 bits per heavy atom. The molecular formula is C19H35N3O4. The van der Waals surface area contributed by atoms with Gasteiger partial charge < -0.3 is 16.0 Å². The zero-order valence-corrected chi connectivity index (χ0v) is 17.3. The minimum absolute atomic E-state index is 0.0109. The van der Waals surface area contributed by atoms with Gasteiger partial charge in [-0.15, -0.1) is 0 Å². The SMILES string of the molecule is CN(C(=O)CCC(=O)C(C)(C)C)C(CC(=O)C(C)(C)C)C(=O)NCCN. The molecule has 26 heavy (non-hydrogen) atoms. The number of Topliss-reactive ketones (excluding diaryl/α,β-unsaturated/α-hetero) is 2. The number of ketones is 2. The fourth-order valence-corrected chi connectivity index (χ4v) is 2.15. The molecule has 0 saturated carbocycles. The van der Waals surface area contributed by atoms with Crippen molar-refractivity contribution in [1.82, 2.24) is 10.2 Å². The third-order valence-electron chi connectivity index (χ3n) is 4.22. The maximum absolute atomic E-state index is 12.5. The fourth-order valence-electron chi connectivity index (χ4n) is 2.15. The lowest BCUT2D eigenvalue weighted by atomic mass is 9.86. The molecule has 0 saturated heterocycles. The van der Waals surface area contributed by atoms with Crippen molar-refractivity contribution in [2.24, 2.45) is 16.6 Å². The second-order valence-electron chi connectivity index (χ2n) is 8.65. The van der Waals surface area contributed by atoms with Crippen molar-refractivity contribution in [3.8, 4) is 0 Å². The molecule has 0 aliphatic heterocycles. The minimum atomic E-state index is -0.912. The number of nitrogens with zero attached hydrogens (tertiary/aromatic N) is 1. The Hall–Kier alpha value is -1.76. The van der Waals surface area contributed by atoms with Gasteiger partial charge in [-0.2, -0.15) is 0 Å². The van der Waals surface area contributed by atoms with Gasteiger partial charge in [-0.25, -0.2) is 0 Å². The van der Waals surface area contributed by atoms with E-state index in [9.17, 15) is 19.2 Å². The summed E-state index contributed by atoms with van der Waals surface area (Å²) in [6, 6.07) is -0.912. The zero-order chi connectivity index (χ0) is 20.7. The minimum Gasteiger partial charge on any atom is -0.353 e. The van der Waals surface area contributed by atoms with E-state index >= 15 is 0 Å². The van der Waals surface area contributed by atoms with Crippen molar-refractivity contribution in [2.45, 2.75) is 66.8 Å². The van der Waals surface area contributed by atoms with Crippen LogP contribution in [0.4, 0.5) is 0 Å². The van der Waals surface area contributed by atoms with Crippen molar-refractivity contribution in [1.29, 1.82) is 0 Å². The highest BCUT2D eigenvalue weighted by atomic mass is 16.2. The molecule has 0 aliphatic rings. The monoisotopic (exact) mass is 369 g/mol. The van der Waals surface area contributed by atoms with E-state index in [0.717, 1.165) is 0 Å². The van der Waals surface area contributed by atoms with Crippen LogP contribution in [0.2, 0.25) is 0 Å². The first kappa shape index (κ1) is 24.2. The Morgan fingerprint density at radius 1 is 0.923 bits per heavy atom. The van der Waals surface area contributed by atoms with Crippen LogP contribution in [0.15, 0.2) is 0 Å². The van der Waals surface area contributed by atoms with Crippen molar-refractivity contribution in [3.63, 3.8) is 0 Å². The molecule has 0 heterocycles. The molecule has 1 unspecified atom stereocenters. The molecule has 0 radical (unpaired) electrons. The summed E-state index contributed by atoms with van der Waals surface area (Å²) >= 11 is 0. The van der Waals surface area contributed by atoms with Gasteiger partial charge in [0.1, 0.15) is 17.6 Å². The van der Waals surface area contributed by atoms with E-state index in [1.165, 1.54) is 11.9 Å². The van der Waals surface area contributed by atoms with E-state index in [1.807, 2.05) is 0 Å². The molecular weight excluding hydrogens is 334 g/mol. The predicted molar refractivity (Wildman–Crippen MR) is 101 cm³/mol. The lowest BCUT2D eigenvalue weighted by molar-refractivity contribution is -0.142. The molecule has 0 rings (SSSR count). The van der Waals surface area contributed by atoms with Gasteiger partial charge >= 0.3 is 0 Å². The number of carbonyl (C=O) groups excluding carboxylic acids is 4. The molecule has 7 heteroatoms. The largest absolute Gasteiger partial charge is 0.353 e. The van der Waals surface area contributed by atoms with Crippen LogP contribution < -0.4 is 11.1 Å². The van der Waals surface area contributed by atoms with Gasteiger partial charge in [-0.1, -0.05) is 41.5 Å². The Kier molecular flexibility index (Phi) is 9.14. The molecule has 0 spiro atoms. The highest BCUT2D eigenvalue weighted by molar-refractivity contribution is 5.95. The third kappa shape index (κ3) is 8.08. The van der Waals surface area contributed by atoms with Gasteiger partial charge in [0, 0.05) is 50.2 Å². The fraction of sp³-hybridized carbons (Fsp3) is 0.789. The molecule has 1 atom stereocenters. The van der Waals surface area contributed by atoms with Crippen LogP contribution in [-0.4, -0.2) is 54.5 Å². The molecule has 0 aliphatic carbocycles. The average Bonchev–Trinajstić information content (AvgIpc) is 2.51. The molecule has 0 fully saturated rings. The van der Waals surface area contributed by atoms with Crippen LogP contribution >= 0.6 is 0 Å². The van der Waals surface area contributed by atoms with E-state index in [2.05, 4.69) is 5.32 Å². The Labute approximate surface area is 157 Å². The number of likely N-dealkylation sites (N-methyl/N-ethyl adjacent to an activating group) is 1. The summed E-state index contributed by atoms with van der Waals surface area (Å²) in [5.74, 6) is -0.881. The number of amides is 2. The summed E-state index contributed by atoms with van der Waals surface area (Å²) in [4.78, 5) is 50.6. The van der Waals surface area contributed by atoms with Crippen LogP contribution in [0.25, 0.3) is 0 Å². The lowest BCUT2D eigenvalue weighted by Gasteiger charge is -2.29. The highest BCUT2D eigenvalue weighted by Crippen LogP contribution is 2.21. The molecule has 150 valence electrons. The lowest BCUT2D eigenvalue weighted by Crippen LogP contribution is -2.50. The Bertz CT molecular complexity index is 530. The van der Waals surface area contributed by atoms with Crippen LogP contribution in [0.1, 0.15) is 60.8 Å². The molecule has 7 nitrogen and oxygen atoms in total.